The van der Waals surface area contributed by atoms with E-state index in [1.807, 2.05) is 36.4 Å². The van der Waals surface area contributed by atoms with Crippen LogP contribution in [0.5, 0.6) is 0 Å². The summed E-state index contributed by atoms with van der Waals surface area (Å²) in [5.41, 5.74) is 1.11. The van der Waals surface area contributed by atoms with Crippen LogP contribution in [0.25, 0.3) is 11.3 Å². The molecule has 0 spiro atoms. The number of rotatable bonds is 10. The second-order valence-corrected chi connectivity index (χ2v) is 13.0. The van der Waals surface area contributed by atoms with Crippen LogP contribution in [0.4, 0.5) is 0 Å². The van der Waals surface area contributed by atoms with Gasteiger partial charge in [-0.15, -0.1) is 0 Å². The largest absolute Gasteiger partial charge is 0.351 e. The maximum Gasteiger partial charge on any atom is 0.329 e. The lowest BCUT2D eigenvalue weighted by atomic mass is 9.89. The average Bonchev–Trinajstić information content (AvgIpc) is 3.33. The van der Waals surface area contributed by atoms with Gasteiger partial charge in [0, 0.05) is 57.3 Å². The maximum atomic E-state index is 14.5. The number of allylic oxidation sites excluding steroid dienone is 3. The minimum absolute atomic E-state index is 0.0201. The molecule has 0 radical (unpaired) electrons. The zero-order valence-corrected chi connectivity index (χ0v) is 25.6. The molecule has 5 rings (SSSR count). The Bertz CT molecular complexity index is 1540. The Morgan fingerprint density at radius 1 is 1.05 bits per heavy atom. The summed E-state index contributed by atoms with van der Waals surface area (Å²) in [5, 5.41) is 6.39. The van der Waals surface area contributed by atoms with Crippen molar-refractivity contribution in [2.75, 3.05) is 32.7 Å². The van der Waals surface area contributed by atoms with E-state index in [4.69, 9.17) is 0 Å². The van der Waals surface area contributed by atoms with Crippen LogP contribution in [0.3, 0.4) is 0 Å². The smallest absolute Gasteiger partial charge is 0.329 e. The molecule has 2 aromatic rings. The number of carbonyl (C=O) groups is 2. The molecule has 2 aliphatic carbocycles. The molecule has 1 saturated heterocycles. The van der Waals surface area contributed by atoms with Gasteiger partial charge in [-0.05, 0) is 31.8 Å². The lowest BCUT2D eigenvalue weighted by molar-refractivity contribution is -0.122. The van der Waals surface area contributed by atoms with Gasteiger partial charge in [-0.25, -0.2) is 17.9 Å². The molecule has 43 heavy (non-hydrogen) atoms. The molecule has 2 amide bonds. The van der Waals surface area contributed by atoms with Crippen molar-refractivity contribution in [1.29, 1.82) is 0 Å². The van der Waals surface area contributed by atoms with Crippen molar-refractivity contribution in [3.63, 3.8) is 0 Å². The van der Waals surface area contributed by atoms with Gasteiger partial charge < -0.3 is 15.5 Å². The minimum atomic E-state index is -3.77. The number of aromatic nitrogens is 2. The monoisotopic (exact) mass is 610 g/mol. The van der Waals surface area contributed by atoms with Crippen LogP contribution in [0, 0.1) is 0 Å². The standard InChI is InChI=1S/C31H42N6O5S/c1-2-27(38)34-25-15-9-10-16-26(25)37-28(23-11-5-3-6-12-23)29(30(39)35-20-17-32-18-21-35)36(31(37)40)22-19-33-43(41,42)24-13-7-4-8-14-24/h3,5-7,11-14,25-26,32-33H,2,4,8-10,15-22H2,1H3,(H,34,38)/t25-,26?/m0/s1. The van der Waals surface area contributed by atoms with E-state index in [1.165, 1.54) is 4.57 Å². The number of hydrogen-bond donors (Lipinski definition) is 3. The molecular formula is C31H42N6O5S. The SMILES string of the molecule is CCC(=O)N[C@H]1CCCCC1n1c(-c2ccccc2)c(C(=O)N2CCNCC2)n(CCNS(=O)(=O)C2=CCCC=C2)c1=O. The zero-order chi connectivity index (χ0) is 30.4. The fourth-order valence-electron chi connectivity index (χ4n) is 6.25. The molecule has 1 saturated carbocycles. The molecule has 3 aliphatic rings. The number of nitrogens with one attached hydrogen (secondary N) is 3. The van der Waals surface area contributed by atoms with Gasteiger partial charge in [-0.2, -0.15) is 0 Å². The Hall–Kier alpha value is -3.48. The number of imidazole rings is 1. The maximum absolute atomic E-state index is 14.5. The first-order chi connectivity index (χ1) is 20.8. The molecule has 11 nitrogen and oxygen atoms in total. The number of hydrogen-bond acceptors (Lipinski definition) is 6. The van der Waals surface area contributed by atoms with E-state index < -0.39 is 10.0 Å². The third-order valence-electron chi connectivity index (χ3n) is 8.45. The summed E-state index contributed by atoms with van der Waals surface area (Å²) in [6.07, 6.45) is 10.1. The van der Waals surface area contributed by atoms with E-state index in [0.717, 1.165) is 31.2 Å². The van der Waals surface area contributed by atoms with Crippen LogP contribution in [-0.4, -0.2) is 73.0 Å². The summed E-state index contributed by atoms with van der Waals surface area (Å²) in [7, 11) is -3.77. The molecule has 2 fully saturated rings. The van der Waals surface area contributed by atoms with Gasteiger partial charge >= 0.3 is 5.69 Å². The van der Waals surface area contributed by atoms with E-state index in [2.05, 4.69) is 15.4 Å². The predicted octanol–water partition coefficient (Wildman–Crippen LogP) is 2.53. The van der Waals surface area contributed by atoms with Crippen LogP contribution >= 0.6 is 0 Å². The van der Waals surface area contributed by atoms with Crippen molar-refractivity contribution in [2.24, 2.45) is 0 Å². The number of sulfonamides is 1. The minimum Gasteiger partial charge on any atom is -0.351 e. The topological polar surface area (TPSA) is 135 Å². The van der Waals surface area contributed by atoms with Crippen molar-refractivity contribution in [3.8, 4) is 11.3 Å². The van der Waals surface area contributed by atoms with Gasteiger partial charge in [-0.1, -0.05) is 62.2 Å². The van der Waals surface area contributed by atoms with E-state index >= 15 is 0 Å². The fourth-order valence-corrected chi connectivity index (χ4v) is 7.39. The number of carbonyl (C=O) groups excluding carboxylic acids is 2. The molecule has 2 heterocycles. The Balaban J connectivity index is 1.61. The first-order valence-electron chi connectivity index (χ1n) is 15.4. The highest BCUT2D eigenvalue weighted by Gasteiger charge is 2.36. The van der Waals surface area contributed by atoms with Crippen LogP contribution in [-0.2, 0) is 21.4 Å². The molecular weight excluding hydrogens is 568 g/mol. The van der Waals surface area contributed by atoms with Gasteiger partial charge in [0.25, 0.3) is 5.91 Å². The summed E-state index contributed by atoms with van der Waals surface area (Å²) >= 11 is 0. The van der Waals surface area contributed by atoms with Gasteiger partial charge in [0.2, 0.25) is 15.9 Å². The highest BCUT2D eigenvalue weighted by molar-refractivity contribution is 7.93. The van der Waals surface area contributed by atoms with Gasteiger partial charge in [0.1, 0.15) is 5.69 Å². The molecule has 3 N–H and O–H groups in total. The second-order valence-electron chi connectivity index (χ2n) is 11.3. The van der Waals surface area contributed by atoms with Crippen LogP contribution < -0.4 is 21.0 Å². The highest BCUT2D eigenvalue weighted by atomic mass is 32.2. The molecule has 1 unspecified atom stereocenters. The number of amides is 2. The molecule has 0 bridgehead atoms. The van der Waals surface area contributed by atoms with Crippen LogP contribution in [0.15, 0.2) is 58.3 Å². The van der Waals surface area contributed by atoms with Crippen molar-refractivity contribution in [2.45, 2.75) is 70.5 Å². The normalized spacial score (nSPS) is 21.0. The molecule has 1 aliphatic heterocycles. The first kappa shape index (κ1) is 31.0. The predicted molar refractivity (Wildman–Crippen MR) is 166 cm³/mol. The first-order valence-corrected chi connectivity index (χ1v) is 16.9. The second kappa shape index (κ2) is 13.9. The Morgan fingerprint density at radius 3 is 2.49 bits per heavy atom. The lowest BCUT2D eigenvalue weighted by Gasteiger charge is -2.34. The van der Waals surface area contributed by atoms with Crippen molar-refractivity contribution >= 4 is 21.8 Å². The Morgan fingerprint density at radius 2 is 1.79 bits per heavy atom. The highest BCUT2D eigenvalue weighted by Crippen LogP contribution is 2.34. The van der Waals surface area contributed by atoms with Gasteiger partial charge in [-0.3, -0.25) is 18.7 Å². The van der Waals surface area contributed by atoms with Crippen molar-refractivity contribution in [3.05, 3.63) is 69.6 Å². The zero-order valence-electron chi connectivity index (χ0n) is 24.8. The lowest BCUT2D eigenvalue weighted by Crippen LogP contribution is -2.47. The molecule has 1 aromatic carbocycles. The quantitative estimate of drug-likeness (QED) is 0.379. The van der Waals surface area contributed by atoms with Gasteiger partial charge in [0.05, 0.1) is 16.6 Å². The van der Waals surface area contributed by atoms with E-state index in [0.29, 0.717) is 51.1 Å². The van der Waals surface area contributed by atoms with Crippen molar-refractivity contribution < 1.29 is 18.0 Å². The van der Waals surface area contributed by atoms with E-state index in [-0.39, 0.29) is 53.3 Å². The molecule has 1 aromatic heterocycles. The van der Waals surface area contributed by atoms with E-state index in [9.17, 15) is 22.8 Å². The summed E-state index contributed by atoms with van der Waals surface area (Å²) in [4.78, 5) is 43.2. The third-order valence-corrected chi connectivity index (χ3v) is 9.96. The molecule has 12 heteroatoms. The summed E-state index contributed by atoms with van der Waals surface area (Å²) in [6, 6.07) is 8.79. The van der Waals surface area contributed by atoms with Crippen molar-refractivity contribution in [1.82, 2.24) is 29.4 Å². The van der Waals surface area contributed by atoms with Gasteiger partial charge in [0.15, 0.2) is 0 Å². The van der Waals surface area contributed by atoms with Crippen LogP contribution in [0.1, 0.15) is 68.4 Å². The van der Waals surface area contributed by atoms with Crippen LogP contribution in [0.2, 0.25) is 0 Å². The number of benzene rings is 1. The fraction of sp³-hybridized carbons (Fsp3) is 0.516. The van der Waals surface area contributed by atoms with E-state index in [1.54, 1.807) is 28.5 Å². The summed E-state index contributed by atoms with van der Waals surface area (Å²) in [5.74, 6) is -0.342. The molecule has 232 valence electrons. The third kappa shape index (κ3) is 6.86. The summed E-state index contributed by atoms with van der Waals surface area (Å²) in [6.45, 7) is 4.01. The summed E-state index contributed by atoms with van der Waals surface area (Å²) < 4.78 is 31.8. The number of piperazine rings is 1. The molecule has 2 atom stereocenters. The Kier molecular flexibility index (Phi) is 9.99. The average molecular weight is 611 g/mol. The Labute approximate surface area is 253 Å². The number of nitrogens with zero attached hydrogens (tertiary/aromatic N) is 3.